The van der Waals surface area contributed by atoms with E-state index in [1.54, 1.807) is 18.2 Å². The molecule has 0 saturated carbocycles. The molecule has 0 aliphatic carbocycles. The fourth-order valence-electron chi connectivity index (χ4n) is 1.08. The van der Waals surface area contributed by atoms with Gasteiger partial charge in [0.25, 0.3) is 0 Å². The summed E-state index contributed by atoms with van der Waals surface area (Å²) in [6, 6.07) is 4.48. The van der Waals surface area contributed by atoms with E-state index in [0.717, 1.165) is 0 Å². The minimum atomic E-state index is -1.11. The number of rotatable bonds is 4. The van der Waals surface area contributed by atoms with E-state index in [2.05, 4.69) is 10.6 Å². The predicted octanol–water partition coefficient (Wildman–Crippen LogP) is 1.88. The molecule has 92 valence electrons. The van der Waals surface area contributed by atoms with Gasteiger partial charge in [-0.05, 0) is 11.6 Å². The van der Waals surface area contributed by atoms with Crippen LogP contribution in [-0.2, 0) is 11.3 Å². The maximum Gasteiger partial charge on any atom is 0.323 e. The standard InChI is InChI=1S/C10H10Cl2N2O3/c11-7-3-1-2-6(9(7)12)4-13-10(17)14-5-8(15)16/h1-3H,4-5H2,(H,15,16)(H2,13,14,17). The van der Waals surface area contributed by atoms with Crippen LogP contribution in [-0.4, -0.2) is 23.7 Å². The zero-order valence-corrected chi connectivity index (χ0v) is 10.2. The number of carbonyl (C=O) groups is 2. The lowest BCUT2D eigenvalue weighted by Crippen LogP contribution is -2.38. The molecule has 0 aromatic heterocycles. The maximum atomic E-state index is 11.2. The molecule has 0 atom stereocenters. The van der Waals surface area contributed by atoms with Crippen molar-refractivity contribution >= 4 is 35.2 Å². The second-order valence-corrected chi connectivity index (χ2v) is 3.93. The number of amides is 2. The first-order valence-electron chi connectivity index (χ1n) is 4.67. The number of halogens is 2. The van der Waals surface area contributed by atoms with Crippen LogP contribution in [0.3, 0.4) is 0 Å². The fourth-order valence-corrected chi connectivity index (χ4v) is 1.47. The van der Waals surface area contributed by atoms with Crippen molar-refractivity contribution in [2.45, 2.75) is 6.54 Å². The molecule has 0 radical (unpaired) electrons. The number of nitrogens with one attached hydrogen (secondary N) is 2. The number of aliphatic carboxylic acids is 1. The molecule has 17 heavy (non-hydrogen) atoms. The summed E-state index contributed by atoms with van der Waals surface area (Å²) in [5, 5.41) is 13.7. The molecular formula is C10H10Cl2N2O3. The summed E-state index contributed by atoms with van der Waals surface area (Å²) in [7, 11) is 0. The van der Waals surface area contributed by atoms with Gasteiger partial charge in [0.2, 0.25) is 0 Å². The van der Waals surface area contributed by atoms with Crippen molar-refractivity contribution in [3.8, 4) is 0 Å². The van der Waals surface area contributed by atoms with Crippen molar-refractivity contribution in [1.29, 1.82) is 0 Å². The molecule has 0 bridgehead atoms. The van der Waals surface area contributed by atoms with Gasteiger partial charge in [-0.2, -0.15) is 0 Å². The number of urea groups is 1. The third-order valence-corrected chi connectivity index (χ3v) is 2.73. The van der Waals surface area contributed by atoms with E-state index in [9.17, 15) is 9.59 Å². The van der Waals surface area contributed by atoms with Crippen LogP contribution in [0.15, 0.2) is 18.2 Å². The lowest BCUT2D eigenvalue weighted by atomic mass is 10.2. The third kappa shape index (κ3) is 4.50. The molecule has 0 saturated heterocycles. The van der Waals surface area contributed by atoms with E-state index in [4.69, 9.17) is 28.3 Å². The van der Waals surface area contributed by atoms with Crippen LogP contribution in [0.2, 0.25) is 10.0 Å². The SMILES string of the molecule is O=C(O)CNC(=O)NCc1cccc(Cl)c1Cl. The Morgan fingerprint density at radius 1 is 1.24 bits per heavy atom. The van der Waals surface area contributed by atoms with E-state index in [1.807, 2.05) is 0 Å². The van der Waals surface area contributed by atoms with Crippen molar-refractivity contribution in [3.05, 3.63) is 33.8 Å². The molecule has 1 aromatic carbocycles. The van der Waals surface area contributed by atoms with Crippen LogP contribution in [0.4, 0.5) is 4.79 Å². The molecular weight excluding hydrogens is 267 g/mol. The van der Waals surface area contributed by atoms with Gasteiger partial charge in [0, 0.05) is 6.54 Å². The highest BCUT2D eigenvalue weighted by atomic mass is 35.5. The van der Waals surface area contributed by atoms with Crippen LogP contribution < -0.4 is 10.6 Å². The van der Waals surface area contributed by atoms with Crippen molar-refractivity contribution in [2.75, 3.05) is 6.54 Å². The highest BCUT2D eigenvalue weighted by Gasteiger charge is 2.06. The van der Waals surface area contributed by atoms with E-state index in [-0.39, 0.29) is 6.54 Å². The molecule has 7 heteroatoms. The van der Waals surface area contributed by atoms with Crippen molar-refractivity contribution in [3.63, 3.8) is 0 Å². The Kier molecular flexibility index (Phi) is 5.06. The van der Waals surface area contributed by atoms with Gasteiger partial charge in [0.05, 0.1) is 10.0 Å². The molecule has 1 rings (SSSR count). The van der Waals surface area contributed by atoms with Gasteiger partial charge in [0.1, 0.15) is 6.54 Å². The summed E-state index contributed by atoms with van der Waals surface area (Å²) in [6.45, 7) is -0.264. The smallest absolute Gasteiger partial charge is 0.323 e. The number of hydrogen-bond acceptors (Lipinski definition) is 2. The quantitative estimate of drug-likeness (QED) is 0.786. The van der Waals surface area contributed by atoms with E-state index >= 15 is 0 Å². The van der Waals surface area contributed by atoms with Crippen LogP contribution >= 0.6 is 23.2 Å². The van der Waals surface area contributed by atoms with Gasteiger partial charge in [-0.3, -0.25) is 4.79 Å². The summed E-state index contributed by atoms with van der Waals surface area (Å²) < 4.78 is 0. The fraction of sp³-hybridized carbons (Fsp3) is 0.200. The molecule has 0 spiro atoms. The van der Waals surface area contributed by atoms with Gasteiger partial charge >= 0.3 is 12.0 Å². The summed E-state index contributed by atoms with van der Waals surface area (Å²) >= 11 is 11.7. The van der Waals surface area contributed by atoms with Gasteiger partial charge in [-0.15, -0.1) is 0 Å². The first kappa shape index (κ1) is 13.6. The molecule has 3 N–H and O–H groups in total. The summed E-state index contributed by atoms with van der Waals surface area (Å²) in [6.07, 6.45) is 0. The highest BCUT2D eigenvalue weighted by molar-refractivity contribution is 6.42. The lowest BCUT2D eigenvalue weighted by molar-refractivity contribution is -0.135. The maximum absolute atomic E-state index is 11.2. The largest absolute Gasteiger partial charge is 0.480 e. The van der Waals surface area contributed by atoms with Gasteiger partial charge in [-0.25, -0.2) is 4.79 Å². The molecule has 0 aliphatic heterocycles. The predicted molar refractivity (Wildman–Crippen MR) is 64.3 cm³/mol. The molecule has 0 fully saturated rings. The molecule has 0 aliphatic rings. The minimum Gasteiger partial charge on any atom is -0.480 e. The summed E-state index contributed by atoms with van der Waals surface area (Å²) in [4.78, 5) is 21.4. The number of benzene rings is 1. The van der Waals surface area contributed by atoms with Crippen LogP contribution in [0, 0.1) is 0 Å². The van der Waals surface area contributed by atoms with Crippen LogP contribution in [0.1, 0.15) is 5.56 Å². The Morgan fingerprint density at radius 2 is 1.94 bits per heavy atom. The summed E-state index contributed by atoms with van der Waals surface area (Å²) in [5.74, 6) is -1.11. The number of hydrogen-bond donors (Lipinski definition) is 3. The molecule has 1 aromatic rings. The van der Waals surface area contributed by atoms with Gasteiger partial charge in [0.15, 0.2) is 0 Å². The van der Waals surface area contributed by atoms with Crippen molar-refractivity contribution in [2.24, 2.45) is 0 Å². The van der Waals surface area contributed by atoms with Gasteiger partial charge in [-0.1, -0.05) is 35.3 Å². The van der Waals surface area contributed by atoms with E-state index < -0.39 is 18.5 Å². The Hall–Kier alpha value is -1.46. The van der Waals surface area contributed by atoms with Crippen LogP contribution in [0.5, 0.6) is 0 Å². The Balaban J connectivity index is 2.47. The highest BCUT2D eigenvalue weighted by Crippen LogP contribution is 2.25. The number of carbonyl (C=O) groups excluding carboxylic acids is 1. The molecule has 0 unspecified atom stereocenters. The zero-order chi connectivity index (χ0) is 12.8. The average Bonchev–Trinajstić information content (AvgIpc) is 2.28. The minimum absolute atomic E-state index is 0.171. The van der Waals surface area contributed by atoms with Crippen molar-refractivity contribution in [1.82, 2.24) is 10.6 Å². The average molecular weight is 277 g/mol. The monoisotopic (exact) mass is 276 g/mol. The second kappa shape index (κ2) is 6.32. The Bertz CT molecular complexity index is 438. The van der Waals surface area contributed by atoms with E-state index in [1.165, 1.54) is 0 Å². The van der Waals surface area contributed by atoms with Gasteiger partial charge < -0.3 is 15.7 Å². The Morgan fingerprint density at radius 3 is 2.59 bits per heavy atom. The van der Waals surface area contributed by atoms with Crippen LogP contribution in [0.25, 0.3) is 0 Å². The molecule has 0 heterocycles. The molecule has 2 amide bonds. The molecule has 5 nitrogen and oxygen atoms in total. The summed E-state index contributed by atoms with van der Waals surface area (Å²) in [5.41, 5.74) is 0.657. The zero-order valence-electron chi connectivity index (χ0n) is 8.67. The van der Waals surface area contributed by atoms with Crippen molar-refractivity contribution < 1.29 is 14.7 Å². The third-order valence-electron chi connectivity index (χ3n) is 1.87. The number of carboxylic acid groups (broad SMARTS) is 1. The topological polar surface area (TPSA) is 78.4 Å². The normalized spacial score (nSPS) is 9.76. The first-order valence-corrected chi connectivity index (χ1v) is 5.42. The first-order chi connectivity index (χ1) is 8.00. The van der Waals surface area contributed by atoms with E-state index in [0.29, 0.717) is 15.6 Å². The second-order valence-electron chi connectivity index (χ2n) is 3.14. The Labute approximate surface area is 108 Å². The lowest BCUT2D eigenvalue weighted by Gasteiger charge is -2.08. The number of carboxylic acids is 1.